The molecule has 0 spiro atoms. The number of nitrogens with zero attached hydrogens (tertiary/aromatic N) is 1. The molecule has 1 aliphatic heterocycles. The van der Waals surface area contributed by atoms with Crippen molar-refractivity contribution in [2.75, 3.05) is 19.8 Å². The summed E-state index contributed by atoms with van der Waals surface area (Å²) < 4.78 is 11.1. The van der Waals surface area contributed by atoms with Crippen LogP contribution < -0.4 is 25.4 Å². The monoisotopic (exact) mass is 408 g/mol. The summed E-state index contributed by atoms with van der Waals surface area (Å²) in [4.78, 5) is 29.2. The number of amides is 2. The lowest BCUT2D eigenvalue weighted by molar-refractivity contribution is -0.120. The van der Waals surface area contributed by atoms with E-state index in [1.54, 1.807) is 18.2 Å². The molecule has 0 radical (unpaired) electrons. The standard InChI is InChI=1S/C24H28N2O4/c1-5-29-21-8-7-17(14-22(21)30-6-2)23(27)25-10-9-18-13-19-11-15(3)16(4)12-20(19)26-24(18)28/h7-8,11-14,18H,5-6,9-10H2,1-4H3,(H,25,27). The Hall–Kier alpha value is -3.15. The summed E-state index contributed by atoms with van der Waals surface area (Å²) in [6, 6.07) is 9.12. The number of ether oxygens (including phenoxy) is 2. The van der Waals surface area contributed by atoms with E-state index in [1.165, 1.54) is 5.56 Å². The zero-order valence-corrected chi connectivity index (χ0v) is 18.0. The Kier molecular flexibility index (Phi) is 6.87. The van der Waals surface area contributed by atoms with E-state index in [0.29, 0.717) is 43.2 Å². The average Bonchev–Trinajstić information content (AvgIpc) is 2.71. The fraction of sp³-hybridized carbons (Fsp3) is 0.375. The van der Waals surface area contributed by atoms with Gasteiger partial charge in [-0.25, -0.2) is 4.99 Å². The van der Waals surface area contributed by atoms with Crippen molar-refractivity contribution in [3.63, 3.8) is 0 Å². The Morgan fingerprint density at radius 3 is 2.47 bits per heavy atom. The lowest BCUT2D eigenvalue weighted by atomic mass is 9.98. The van der Waals surface area contributed by atoms with Crippen molar-refractivity contribution >= 4 is 17.9 Å². The second kappa shape index (κ2) is 9.57. The summed E-state index contributed by atoms with van der Waals surface area (Å²) >= 11 is 0. The summed E-state index contributed by atoms with van der Waals surface area (Å²) in [5.41, 5.74) is 2.77. The first-order valence-corrected chi connectivity index (χ1v) is 10.3. The predicted molar refractivity (Wildman–Crippen MR) is 115 cm³/mol. The third-order valence-corrected chi connectivity index (χ3v) is 5.12. The molecule has 1 N–H and O–H groups in total. The van der Waals surface area contributed by atoms with E-state index >= 15 is 0 Å². The van der Waals surface area contributed by atoms with Crippen LogP contribution in [0.2, 0.25) is 0 Å². The van der Waals surface area contributed by atoms with Crippen molar-refractivity contribution in [3.8, 4) is 11.5 Å². The largest absolute Gasteiger partial charge is 0.490 e. The van der Waals surface area contributed by atoms with E-state index in [2.05, 4.69) is 16.4 Å². The van der Waals surface area contributed by atoms with Crippen molar-refractivity contribution in [1.82, 2.24) is 5.32 Å². The van der Waals surface area contributed by atoms with Gasteiger partial charge >= 0.3 is 0 Å². The second-order valence-corrected chi connectivity index (χ2v) is 7.29. The number of fused-ring (bicyclic) bond motifs is 1. The Balaban J connectivity index is 1.65. The van der Waals surface area contributed by atoms with E-state index in [0.717, 1.165) is 16.1 Å². The molecule has 0 aromatic heterocycles. The number of hydrogen-bond acceptors (Lipinski definition) is 4. The maximum absolute atomic E-state index is 12.5. The Morgan fingerprint density at radius 2 is 1.73 bits per heavy atom. The van der Waals surface area contributed by atoms with Crippen molar-refractivity contribution in [2.24, 2.45) is 10.9 Å². The van der Waals surface area contributed by atoms with Gasteiger partial charge in [0.1, 0.15) is 0 Å². The van der Waals surface area contributed by atoms with Gasteiger partial charge in [-0.3, -0.25) is 9.59 Å². The van der Waals surface area contributed by atoms with Crippen LogP contribution in [0.3, 0.4) is 0 Å². The number of benzene rings is 2. The summed E-state index contributed by atoms with van der Waals surface area (Å²) in [5, 5.41) is 4.58. The number of aryl methyl sites for hydroxylation is 2. The first kappa shape index (κ1) is 21.6. The minimum absolute atomic E-state index is 0.167. The highest BCUT2D eigenvalue weighted by Gasteiger charge is 2.19. The summed E-state index contributed by atoms with van der Waals surface area (Å²) in [7, 11) is 0. The minimum Gasteiger partial charge on any atom is -0.490 e. The Bertz CT molecular complexity index is 1080. The Labute approximate surface area is 176 Å². The third kappa shape index (κ3) is 4.87. The van der Waals surface area contributed by atoms with E-state index in [9.17, 15) is 9.59 Å². The first-order chi connectivity index (χ1) is 14.4. The van der Waals surface area contributed by atoms with Gasteiger partial charge in [0.05, 0.1) is 24.5 Å². The van der Waals surface area contributed by atoms with Crippen LogP contribution in [0.4, 0.5) is 0 Å². The molecule has 30 heavy (non-hydrogen) atoms. The van der Waals surface area contributed by atoms with E-state index in [-0.39, 0.29) is 17.7 Å². The number of nitrogens with one attached hydrogen (secondary N) is 1. The molecule has 6 heteroatoms. The number of carbonyl (C=O) groups excluding carboxylic acids is 2. The van der Waals surface area contributed by atoms with Crippen molar-refractivity contribution in [3.05, 3.63) is 57.6 Å². The van der Waals surface area contributed by atoms with Gasteiger partial charge in [-0.05, 0) is 80.8 Å². The van der Waals surface area contributed by atoms with Crippen molar-refractivity contribution in [2.45, 2.75) is 34.1 Å². The van der Waals surface area contributed by atoms with Gasteiger partial charge in [-0.1, -0.05) is 6.08 Å². The molecule has 0 saturated carbocycles. The molecule has 1 atom stereocenters. The van der Waals surface area contributed by atoms with Crippen LogP contribution in [0, 0.1) is 19.8 Å². The van der Waals surface area contributed by atoms with Crippen LogP contribution in [0.15, 0.2) is 35.3 Å². The van der Waals surface area contributed by atoms with Crippen LogP contribution in [-0.2, 0) is 4.79 Å². The Morgan fingerprint density at radius 1 is 1.03 bits per heavy atom. The molecule has 0 fully saturated rings. The molecule has 2 aromatic carbocycles. The molecule has 6 nitrogen and oxygen atoms in total. The molecule has 158 valence electrons. The quantitative estimate of drug-likeness (QED) is 0.728. The molecule has 3 rings (SSSR count). The number of rotatable bonds is 8. The minimum atomic E-state index is -0.334. The molecular weight excluding hydrogens is 380 g/mol. The molecule has 0 bridgehead atoms. The van der Waals surface area contributed by atoms with Gasteiger partial charge in [0.15, 0.2) is 11.5 Å². The molecule has 2 amide bonds. The summed E-state index contributed by atoms with van der Waals surface area (Å²) in [6.07, 6.45) is 2.45. The van der Waals surface area contributed by atoms with Gasteiger partial charge in [-0.15, -0.1) is 0 Å². The first-order valence-electron chi connectivity index (χ1n) is 10.3. The van der Waals surface area contributed by atoms with E-state index in [4.69, 9.17) is 9.47 Å². The van der Waals surface area contributed by atoms with Gasteiger partial charge in [0.2, 0.25) is 0 Å². The maximum Gasteiger partial charge on any atom is 0.253 e. The van der Waals surface area contributed by atoms with Gasteiger partial charge in [-0.2, -0.15) is 0 Å². The zero-order valence-electron chi connectivity index (χ0n) is 18.0. The van der Waals surface area contributed by atoms with Gasteiger partial charge in [0.25, 0.3) is 11.8 Å². The predicted octanol–water partition coefficient (Wildman–Crippen LogP) is 2.48. The molecule has 1 aliphatic rings. The van der Waals surface area contributed by atoms with Gasteiger partial charge in [0, 0.05) is 12.1 Å². The van der Waals surface area contributed by atoms with Crippen LogP contribution >= 0.6 is 0 Å². The maximum atomic E-state index is 12.5. The fourth-order valence-electron chi connectivity index (χ4n) is 3.39. The second-order valence-electron chi connectivity index (χ2n) is 7.29. The average molecular weight is 408 g/mol. The van der Waals surface area contributed by atoms with Crippen LogP contribution in [-0.4, -0.2) is 31.6 Å². The molecule has 2 aromatic rings. The van der Waals surface area contributed by atoms with Crippen molar-refractivity contribution < 1.29 is 19.1 Å². The molecule has 0 saturated heterocycles. The van der Waals surface area contributed by atoms with Gasteiger partial charge < -0.3 is 14.8 Å². The van der Waals surface area contributed by atoms with Crippen LogP contribution in [0.25, 0.3) is 6.08 Å². The summed E-state index contributed by atoms with van der Waals surface area (Å²) in [5.74, 6) is 0.443. The number of hydrogen-bond donors (Lipinski definition) is 1. The molecule has 0 aliphatic carbocycles. The highest BCUT2D eigenvalue weighted by Crippen LogP contribution is 2.28. The lowest BCUT2D eigenvalue weighted by Gasteiger charge is -2.14. The van der Waals surface area contributed by atoms with E-state index in [1.807, 2.05) is 39.8 Å². The molecule has 1 heterocycles. The topological polar surface area (TPSA) is 77.0 Å². The highest BCUT2D eigenvalue weighted by molar-refractivity contribution is 5.95. The lowest BCUT2D eigenvalue weighted by Crippen LogP contribution is -2.36. The van der Waals surface area contributed by atoms with Crippen molar-refractivity contribution in [1.29, 1.82) is 0 Å². The smallest absolute Gasteiger partial charge is 0.253 e. The SMILES string of the molecule is CCOc1ccc(C(=O)NCCC2C=c3cc(C)c(C)cc3=NC2=O)cc1OCC. The summed E-state index contributed by atoms with van der Waals surface area (Å²) in [6.45, 7) is 9.20. The third-order valence-electron chi connectivity index (χ3n) is 5.12. The van der Waals surface area contributed by atoms with Crippen LogP contribution in [0.5, 0.6) is 11.5 Å². The van der Waals surface area contributed by atoms with E-state index < -0.39 is 0 Å². The fourth-order valence-corrected chi connectivity index (χ4v) is 3.39. The zero-order chi connectivity index (χ0) is 21.7. The molecule has 1 unspecified atom stereocenters. The normalized spacial score (nSPS) is 14.9. The molecular formula is C24H28N2O4. The van der Waals surface area contributed by atoms with Crippen LogP contribution in [0.1, 0.15) is 41.8 Å². The number of carbonyl (C=O) groups is 2. The highest BCUT2D eigenvalue weighted by atomic mass is 16.5.